The van der Waals surface area contributed by atoms with Gasteiger partial charge in [0.2, 0.25) is 0 Å². The van der Waals surface area contributed by atoms with Crippen LogP contribution in [0.1, 0.15) is 75.2 Å². The number of carbonyl (C=O) groups excluding carboxylic acids is 2. The lowest BCUT2D eigenvalue weighted by atomic mass is 9.73. The molecule has 0 spiro atoms. The van der Waals surface area contributed by atoms with Crippen molar-refractivity contribution in [2.24, 2.45) is 15.8 Å². The zero-order valence-corrected chi connectivity index (χ0v) is 21.1. The average Bonchev–Trinajstić information content (AvgIpc) is 3.08. The first kappa shape index (κ1) is 23.6. The molecule has 1 heterocycles. The van der Waals surface area contributed by atoms with Crippen LogP contribution in [-0.4, -0.2) is 27.5 Å². The van der Waals surface area contributed by atoms with Crippen molar-refractivity contribution in [3.63, 3.8) is 0 Å². The Kier molecular flexibility index (Phi) is 6.20. The van der Waals surface area contributed by atoms with Crippen LogP contribution in [0.5, 0.6) is 0 Å². The zero-order chi connectivity index (χ0) is 24.0. The molecule has 0 atom stereocenters. The van der Waals surface area contributed by atoms with E-state index < -0.39 is 0 Å². The van der Waals surface area contributed by atoms with Crippen LogP contribution in [0, 0.1) is 10.8 Å². The van der Waals surface area contributed by atoms with Gasteiger partial charge in [-0.15, -0.1) is 0 Å². The molecule has 0 radical (unpaired) electrons. The van der Waals surface area contributed by atoms with Gasteiger partial charge in [-0.2, -0.15) is 0 Å². The minimum atomic E-state index is -0.237. The molecule has 2 aliphatic carbocycles. The summed E-state index contributed by atoms with van der Waals surface area (Å²) in [5.74, 6) is 0.523. The van der Waals surface area contributed by atoms with Gasteiger partial charge >= 0.3 is 0 Å². The number of allylic oxidation sites excluding steroid dienone is 2. The Bertz CT molecular complexity index is 1170. The lowest BCUT2D eigenvalue weighted by molar-refractivity contribution is -0.117. The van der Waals surface area contributed by atoms with Gasteiger partial charge in [-0.25, -0.2) is 0 Å². The van der Waals surface area contributed by atoms with E-state index in [1.54, 1.807) is 0 Å². The molecule has 1 aromatic heterocycles. The molecule has 0 bridgehead atoms. The highest BCUT2D eigenvalue weighted by Crippen LogP contribution is 2.38. The lowest BCUT2D eigenvalue weighted by Gasteiger charge is -2.31. The standard InChI is InChI=1S/C26H29BrN2O4/c1-25(2)11-18(28-16-7-5-15(27)6-8-16)23(20(31)12-25)19(30)10-9-17-24-21(32)13-26(3,4)14-22(24)33-29-17/h5-8,30H,9-14H2,1-4H3. The van der Waals surface area contributed by atoms with Gasteiger partial charge in [0, 0.05) is 36.6 Å². The van der Waals surface area contributed by atoms with Crippen molar-refractivity contribution in [1.29, 1.82) is 0 Å². The molecule has 2 aromatic rings. The van der Waals surface area contributed by atoms with Crippen LogP contribution in [0.15, 0.2) is 49.6 Å². The molecular weight excluding hydrogens is 484 g/mol. The van der Waals surface area contributed by atoms with Crippen LogP contribution < -0.4 is 0 Å². The maximum Gasteiger partial charge on any atom is 0.168 e. The minimum absolute atomic E-state index is 0.00769. The highest BCUT2D eigenvalue weighted by molar-refractivity contribution is 9.10. The van der Waals surface area contributed by atoms with E-state index >= 15 is 0 Å². The fourth-order valence-corrected chi connectivity index (χ4v) is 5.00. The summed E-state index contributed by atoms with van der Waals surface area (Å²) in [5, 5.41) is 15.1. The van der Waals surface area contributed by atoms with Gasteiger partial charge in [0.15, 0.2) is 11.6 Å². The predicted molar refractivity (Wildman–Crippen MR) is 130 cm³/mol. The second kappa shape index (κ2) is 8.67. The molecule has 1 aromatic carbocycles. The Morgan fingerprint density at radius 3 is 2.36 bits per heavy atom. The molecular formula is C26H29BrN2O4. The van der Waals surface area contributed by atoms with E-state index in [9.17, 15) is 14.7 Å². The fourth-order valence-electron chi connectivity index (χ4n) is 4.73. The monoisotopic (exact) mass is 512 g/mol. The van der Waals surface area contributed by atoms with Gasteiger partial charge in [-0.05, 0) is 41.5 Å². The average molecular weight is 513 g/mol. The number of aliphatic hydroxyl groups excluding tert-OH is 1. The third-order valence-electron chi connectivity index (χ3n) is 6.22. The quantitative estimate of drug-likeness (QED) is 0.372. The summed E-state index contributed by atoms with van der Waals surface area (Å²) in [7, 11) is 0. The second-order valence-electron chi connectivity index (χ2n) is 10.7. The molecule has 2 aliphatic rings. The molecule has 1 N–H and O–H groups in total. The van der Waals surface area contributed by atoms with Crippen LogP contribution >= 0.6 is 15.9 Å². The molecule has 0 amide bonds. The van der Waals surface area contributed by atoms with Crippen LogP contribution in [-0.2, 0) is 17.6 Å². The van der Waals surface area contributed by atoms with E-state index in [0.29, 0.717) is 60.4 Å². The minimum Gasteiger partial charge on any atom is -0.511 e. The third-order valence-corrected chi connectivity index (χ3v) is 6.75. The van der Waals surface area contributed by atoms with Crippen molar-refractivity contribution in [2.75, 3.05) is 0 Å². The summed E-state index contributed by atoms with van der Waals surface area (Å²) in [4.78, 5) is 30.4. The molecule has 7 heteroatoms. The summed E-state index contributed by atoms with van der Waals surface area (Å²) in [5.41, 5.74) is 2.32. The van der Waals surface area contributed by atoms with E-state index in [2.05, 4.69) is 21.1 Å². The number of fused-ring (bicyclic) bond motifs is 1. The van der Waals surface area contributed by atoms with E-state index in [-0.39, 0.29) is 34.6 Å². The maximum atomic E-state index is 13.0. The first-order chi connectivity index (χ1) is 15.4. The van der Waals surface area contributed by atoms with Crippen molar-refractivity contribution in [1.82, 2.24) is 5.16 Å². The fraction of sp³-hybridized carbons (Fsp3) is 0.462. The first-order valence-corrected chi connectivity index (χ1v) is 12.0. The Morgan fingerprint density at radius 1 is 1.03 bits per heavy atom. The summed E-state index contributed by atoms with van der Waals surface area (Å²) in [6.45, 7) is 8.14. The molecule has 4 rings (SSSR count). The van der Waals surface area contributed by atoms with Gasteiger partial charge in [-0.3, -0.25) is 14.6 Å². The Hall–Kier alpha value is -2.54. The van der Waals surface area contributed by atoms with Crippen LogP contribution in [0.4, 0.5) is 5.69 Å². The predicted octanol–water partition coefficient (Wildman–Crippen LogP) is 6.50. The zero-order valence-electron chi connectivity index (χ0n) is 19.5. The molecule has 6 nitrogen and oxygen atoms in total. The van der Waals surface area contributed by atoms with Crippen molar-refractivity contribution >= 4 is 38.9 Å². The van der Waals surface area contributed by atoms with Crippen LogP contribution in [0.2, 0.25) is 0 Å². The largest absolute Gasteiger partial charge is 0.511 e. The number of nitrogens with zero attached hydrogens (tertiary/aromatic N) is 2. The number of carbonyl (C=O) groups is 2. The van der Waals surface area contributed by atoms with E-state index in [1.807, 2.05) is 52.0 Å². The Labute approximate surface area is 202 Å². The second-order valence-corrected chi connectivity index (χ2v) is 11.6. The topological polar surface area (TPSA) is 92.8 Å². The van der Waals surface area contributed by atoms with Gasteiger partial charge in [0.1, 0.15) is 11.5 Å². The molecule has 1 saturated carbocycles. The van der Waals surface area contributed by atoms with Crippen molar-refractivity contribution in [2.45, 2.75) is 66.2 Å². The highest BCUT2D eigenvalue weighted by Gasteiger charge is 2.38. The van der Waals surface area contributed by atoms with E-state index in [1.165, 1.54) is 0 Å². The number of aromatic nitrogens is 1. The number of halogens is 1. The van der Waals surface area contributed by atoms with Gasteiger partial charge in [0.05, 0.1) is 28.2 Å². The molecule has 0 aliphatic heterocycles. The number of aliphatic imine (C=N–C) groups is 1. The lowest BCUT2D eigenvalue weighted by Crippen LogP contribution is -2.32. The van der Waals surface area contributed by atoms with E-state index in [4.69, 9.17) is 9.52 Å². The smallest absolute Gasteiger partial charge is 0.168 e. The molecule has 174 valence electrons. The number of rotatable bonds is 4. The molecule has 1 fully saturated rings. The van der Waals surface area contributed by atoms with Crippen LogP contribution in [0.3, 0.4) is 0 Å². The van der Waals surface area contributed by atoms with E-state index in [0.717, 1.165) is 10.2 Å². The number of aryl methyl sites for hydroxylation is 1. The van der Waals surface area contributed by atoms with Crippen molar-refractivity contribution < 1.29 is 19.2 Å². The van der Waals surface area contributed by atoms with Gasteiger partial charge in [0.25, 0.3) is 0 Å². The number of aliphatic hydroxyl groups is 1. The van der Waals surface area contributed by atoms with Crippen molar-refractivity contribution in [3.05, 3.63) is 57.1 Å². The van der Waals surface area contributed by atoms with Gasteiger partial charge < -0.3 is 9.63 Å². The number of Topliss-reactive ketones (excluding diaryl/α,β-unsaturated/α-hetero) is 2. The summed E-state index contributed by atoms with van der Waals surface area (Å²) in [6.07, 6.45) is 2.55. The summed E-state index contributed by atoms with van der Waals surface area (Å²) in [6, 6.07) is 7.52. The number of hydrogen-bond acceptors (Lipinski definition) is 6. The molecule has 0 saturated heterocycles. The third kappa shape index (κ3) is 5.18. The Morgan fingerprint density at radius 2 is 1.67 bits per heavy atom. The summed E-state index contributed by atoms with van der Waals surface area (Å²) < 4.78 is 6.41. The Balaban J connectivity index is 1.63. The highest BCUT2D eigenvalue weighted by atomic mass is 79.9. The molecule has 0 unspecified atom stereocenters. The normalized spacial score (nSPS) is 22.4. The first-order valence-electron chi connectivity index (χ1n) is 11.2. The van der Waals surface area contributed by atoms with Gasteiger partial charge in [-0.1, -0.05) is 48.8 Å². The number of ketones is 2. The van der Waals surface area contributed by atoms with Crippen molar-refractivity contribution in [3.8, 4) is 0 Å². The summed E-state index contributed by atoms with van der Waals surface area (Å²) >= 11 is 3.42. The number of hydrogen-bond donors (Lipinski definition) is 1. The van der Waals surface area contributed by atoms with Crippen LogP contribution in [0.25, 0.3) is 0 Å². The number of benzene rings is 1. The molecule has 33 heavy (non-hydrogen) atoms. The maximum absolute atomic E-state index is 13.0. The SMILES string of the molecule is CC1(C)CC(=O)C(=C(O)CCc2noc3c2C(=O)CC(C)(C)C3)C(=Nc2ccc(Br)cc2)C1.